The summed E-state index contributed by atoms with van der Waals surface area (Å²) in [4.78, 5) is 35.7. The summed E-state index contributed by atoms with van der Waals surface area (Å²) in [6.07, 6.45) is 0.951. The minimum absolute atomic E-state index is 0.107. The van der Waals surface area contributed by atoms with Crippen molar-refractivity contribution in [1.82, 2.24) is 4.90 Å². The predicted octanol–water partition coefficient (Wildman–Crippen LogP) is -0.129. The molecule has 0 aromatic carbocycles. The van der Waals surface area contributed by atoms with E-state index in [-0.39, 0.29) is 30.2 Å². The fraction of sp³-hybridized carbons (Fsp3) is 0.727. The number of hydrogen-bond acceptors (Lipinski definition) is 4. The van der Waals surface area contributed by atoms with Crippen LogP contribution in [-0.4, -0.2) is 47.5 Å². The lowest BCUT2D eigenvalue weighted by molar-refractivity contribution is -0.159. The van der Waals surface area contributed by atoms with Crippen molar-refractivity contribution in [2.45, 2.75) is 25.4 Å². The fourth-order valence-corrected chi connectivity index (χ4v) is 2.58. The maximum atomic E-state index is 11.9. The van der Waals surface area contributed by atoms with Crippen molar-refractivity contribution in [2.24, 2.45) is 11.8 Å². The predicted molar refractivity (Wildman–Crippen MR) is 56.0 cm³/mol. The fourth-order valence-electron chi connectivity index (χ4n) is 2.58. The number of likely N-dealkylation sites (tertiary alicyclic amines) is 1. The lowest BCUT2D eigenvalue weighted by Crippen LogP contribution is -2.50. The third-order valence-corrected chi connectivity index (χ3v) is 3.57. The Bertz CT molecular complexity index is 345. The quantitative estimate of drug-likeness (QED) is 0.693. The minimum atomic E-state index is -1.16. The van der Waals surface area contributed by atoms with Gasteiger partial charge in [0.1, 0.15) is 0 Å². The van der Waals surface area contributed by atoms with E-state index in [4.69, 9.17) is 9.84 Å². The molecule has 0 aromatic heterocycles. The molecule has 0 spiro atoms. The van der Waals surface area contributed by atoms with Gasteiger partial charge in [0.25, 0.3) is 0 Å². The Morgan fingerprint density at radius 1 is 1.41 bits per heavy atom. The van der Waals surface area contributed by atoms with Gasteiger partial charge in [-0.15, -0.1) is 0 Å². The average molecular weight is 241 g/mol. The monoisotopic (exact) mass is 241 g/mol. The molecule has 1 saturated heterocycles. The molecule has 0 radical (unpaired) electrons. The van der Waals surface area contributed by atoms with Crippen LogP contribution < -0.4 is 0 Å². The lowest BCUT2D eigenvalue weighted by atomic mass is 9.97. The van der Waals surface area contributed by atoms with E-state index in [1.807, 2.05) is 0 Å². The van der Waals surface area contributed by atoms with Crippen molar-refractivity contribution in [3.8, 4) is 0 Å². The van der Waals surface area contributed by atoms with Crippen molar-refractivity contribution in [3.05, 3.63) is 0 Å². The number of rotatable bonds is 4. The zero-order valence-corrected chi connectivity index (χ0v) is 9.59. The average Bonchev–Trinajstić information content (AvgIpc) is 2.73. The van der Waals surface area contributed by atoms with Crippen LogP contribution in [0.2, 0.25) is 0 Å². The molecule has 1 heterocycles. The summed E-state index contributed by atoms with van der Waals surface area (Å²) in [5.41, 5.74) is 0. The third kappa shape index (κ3) is 2.04. The van der Waals surface area contributed by atoms with Crippen LogP contribution in [0.5, 0.6) is 0 Å². The molecule has 3 atom stereocenters. The maximum Gasteiger partial charge on any atom is 0.334 e. The highest BCUT2D eigenvalue weighted by Crippen LogP contribution is 2.38. The van der Waals surface area contributed by atoms with Crippen molar-refractivity contribution >= 4 is 17.8 Å². The Labute approximate surface area is 98.5 Å². The van der Waals surface area contributed by atoms with Gasteiger partial charge < -0.3 is 9.84 Å². The molecule has 1 aliphatic heterocycles. The van der Waals surface area contributed by atoms with Crippen LogP contribution in [0.4, 0.5) is 0 Å². The molecule has 3 unspecified atom stereocenters. The van der Waals surface area contributed by atoms with Gasteiger partial charge in [-0.3, -0.25) is 14.5 Å². The minimum Gasteiger partial charge on any atom is -0.479 e. The Morgan fingerprint density at radius 3 is 2.35 bits per heavy atom. The molecule has 1 N–H and O–H groups in total. The summed E-state index contributed by atoms with van der Waals surface area (Å²) >= 11 is 0. The first-order chi connectivity index (χ1) is 8.04. The number of aliphatic carboxylic acids is 1. The Kier molecular flexibility index (Phi) is 3.15. The van der Waals surface area contributed by atoms with Gasteiger partial charge >= 0.3 is 5.97 Å². The van der Waals surface area contributed by atoms with E-state index >= 15 is 0 Å². The summed E-state index contributed by atoms with van der Waals surface area (Å²) in [7, 11) is 1.26. The number of amides is 2. The number of methoxy groups -OCH3 is 1. The van der Waals surface area contributed by atoms with Gasteiger partial charge in [0.15, 0.2) is 6.10 Å². The second kappa shape index (κ2) is 4.44. The van der Waals surface area contributed by atoms with Gasteiger partial charge in [0, 0.05) is 18.9 Å². The summed E-state index contributed by atoms with van der Waals surface area (Å²) in [5, 5.41) is 8.85. The molecule has 1 aliphatic carbocycles. The first kappa shape index (κ1) is 12.0. The molecule has 0 aromatic rings. The van der Waals surface area contributed by atoms with Crippen LogP contribution in [0, 0.1) is 11.8 Å². The zero-order valence-electron chi connectivity index (χ0n) is 9.59. The number of carbonyl (C=O) groups excluding carboxylic acids is 2. The number of hydrogen-bond donors (Lipinski definition) is 1. The highest BCUT2D eigenvalue weighted by Gasteiger charge is 2.46. The Balaban J connectivity index is 2.12. The molecule has 6 nitrogen and oxygen atoms in total. The number of ether oxygens (including phenoxy) is 1. The third-order valence-electron chi connectivity index (χ3n) is 3.57. The topological polar surface area (TPSA) is 83.9 Å². The van der Waals surface area contributed by atoms with Gasteiger partial charge in [0.2, 0.25) is 11.8 Å². The van der Waals surface area contributed by atoms with Crippen LogP contribution in [0.3, 0.4) is 0 Å². The van der Waals surface area contributed by atoms with Gasteiger partial charge in [-0.05, 0) is 19.3 Å². The highest BCUT2D eigenvalue weighted by atomic mass is 16.5. The van der Waals surface area contributed by atoms with Crippen LogP contribution in [0.25, 0.3) is 0 Å². The van der Waals surface area contributed by atoms with Gasteiger partial charge in [-0.25, -0.2) is 4.79 Å². The number of carbonyl (C=O) groups is 3. The van der Waals surface area contributed by atoms with Gasteiger partial charge in [-0.2, -0.15) is 0 Å². The van der Waals surface area contributed by atoms with Crippen molar-refractivity contribution in [3.63, 3.8) is 0 Å². The molecule has 1 saturated carbocycles. The molecule has 2 amide bonds. The lowest BCUT2D eigenvalue weighted by Gasteiger charge is -2.30. The van der Waals surface area contributed by atoms with E-state index in [2.05, 4.69) is 0 Å². The summed E-state index contributed by atoms with van der Waals surface area (Å²) in [6.45, 7) is -0.184. The normalized spacial score (nSPS) is 29.6. The number of carboxylic acid groups (broad SMARTS) is 1. The molecular formula is C11H15NO5. The van der Waals surface area contributed by atoms with Crippen LogP contribution in [0.1, 0.15) is 19.3 Å². The van der Waals surface area contributed by atoms with Crippen LogP contribution >= 0.6 is 0 Å². The van der Waals surface area contributed by atoms with Gasteiger partial charge in [-0.1, -0.05) is 0 Å². The maximum absolute atomic E-state index is 11.9. The number of piperidine rings is 1. The van der Waals surface area contributed by atoms with Crippen LogP contribution in [0.15, 0.2) is 0 Å². The standard InChI is InChI=1S/C11H15NO5/c1-17-8(11(15)16)5-12-9(13)6-2-3-7(4-6)10(12)14/h6-8H,2-5H2,1H3,(H,15,16). The van der Waals surface area contributed by atoms with E-state index in [0.717, 1.165) is 17.7 Å². The molecule has 2 bridgehead atoms. The van der Waals surface area contributed by atoms with Crippen molar-refractivity contribution < 1.29 is 24.2 Å². The number of fused-ring (bicyclic) bond motifs is 2. The van der Waals surface area contributed by atoms with E-state index in [1.54, 1.807) is 0 Å². The first-order valence-electron chi connectivity index (χ1n) is 5.65. The molecule has 6 heteroatoms. The first-order valence-corrected chi connectivity index (χ1v) is 5.65. The number of carboxylic acids is 1. The van der Waals surface area contributed by atoms with Crippen molar-refractivity contribution in [2.75, 3.05) is 13.7 Å². The largest absolute Gasteiger partial charge is 0.479 e. The Morgan fingerprint density at radius 2 is 1.94 bits per heavy atom. The molecular weight excluding hydrogens is 226 g/mol. The summed E-state index contributed by atoms with van der Waals surface area (Å²) < 4.78 is 4.76. The van der Waals surface area contributed by atoms with E-state index in [9.17, 15) is 14.4 Å². The number of imide groups is 1. The molecule has 2 rings (SSSR count). The second-order valence-corrected chi connectivity index (χ2v) is 4.56. The zero-order chi connectivity index (χ0) is 12.6. The number of nitrogens with zero attached hydrogens (tertiary/aromatic N) is 1. The Hall–Kier alpha value is -1.43. The van der Waals surface area contributed by atoms with Gasteiger partial charge in [0.05, 0.1) is 6.54 Å². The smallest absolute Gasteiger partial charge is 0.334 e. The molecule has 2 fully saturated rings. The van der Waals surface area contributed by atoms with E-state index < -0.39 is 12.1 Å². The second-order valence-electron chi connectivity index (χ2n) is 4.56. The molecule has 2 aliphatic rings. The summed E-state index contributed by atoms with van der Waals surface area (Å²) in [5.74, 6) is -1.86. The molecule has 94 valence electrons. The van der Waals surface area contributed by atoms with Crippen molar-refractivity contribution in [1.29, 1.82) is 0 Å². The highest BCUT2D eigenvalue weighted by molar-refractivity contribution is 6.01. The van der Waals surface area contributed by atoms with E-state index in [1.165, 1.54) is 7.11 Å². The van der Waals surface area contributed by atoms with E-state index in [0.29, 0.717) is 6.42 Å². The SMILES string of the molecule is COC(CN1C(=O)C2CCC(C2)C1=O)C(=O)O. The summed E-state index contributed by atoms with van der Waals surface area (Å²) in [6, 6.07) is 0. The van der Waals surface area contributed by atoms with Crippen LogP contribution in [-0.2, 0) is 19.1 Å². The molecule has 17 heavy (non-hydrogen) atoms.